The number of carbonyl (C=O) groups excluding carboxylic acids is 2. The monoisotopic (exact) mass is 276 g/mol. The lowest BCUT2D eigenvalue weighted by Gasteiger charge is -2.15. The van der Waals surface area contributed by atoms with Gasteiger partial charge in [0.25, 0.3) is 0 Å². The van der Waals surface area contributed by atoms with Gasteiger partial charge < -0.3 is 14.6 Å². The van der Waals surface area contributed by atoms with Crippen LogP contribution >= 0.6 is 0 Å². The van der Waals surface area contributed by atoms with Crippen LogP contribution in [-0.2, 0) is 16.1 Å². The second-order valence-electron chi connectivity index (χ2n) is 5.84. The molecule has 1 saturated carbocycles. The van der Waals surface area contributed by atoms with E-state index in [2.05, 4.69) is 5.32 Å². The molecule has 1 aliphatic heterocycles. The molecular weight excluding hydrogens is 256 g/mol. The molecule has 2 amide bonds. The molecule has 1 saturated heterocycles. The van der Waals surface area contributed by atoms with Gasteiger partial charge in [-0.1, -0.05) is 6.92 Å². The Morgan fingerprint density at radius 2 is 2.40 bits per heavy atom. The summed E-state index contributed by atoms with van der Waals surface area (Å²) in [5, 5.41) is 2.92. The molecule has 0 radical (unpaired) electrons. The zero-order chi connectivity index (χ0) is 14.2. The molecule has 1 aromatic heterocycles. The van der Waals surface area contributed by atoms with Gasteiger partial charge in [0.1, 0.15) is 5.76 Å². The van der Waals surface area contributed by atoms with Crippen LogP contribution in [0.4, 0.5) is 0 Å². The lowest BCUT2D eigenvalue weighted by Crippen LogP contribution is -2.30. The minimum absolute atomic E-state index is 0.0536. The molecule has 108 valence electrons. The number of nitrogens with one attached hydrogen (secondary N) is 1. The van der Waals surface area contributed by atoms with E-state index in [1.165, 1.54) is 0 Å². The largest absolute Gasteiger partial charge is 0.467 e. The maximum atomic E-state index is 12.2. The van der Waals surface area contributed by atoms with Crippen LogP contribution in [0.5, 0.6) is 0 Å². The number of hydrogen-bond acceptors (Lipinski definition) is 3. The SMILES string of the molecule is CCC(=O)N1CC[C@]2(C[C@@H]2C(=O)NCc2ccco2)C1. The second kappa shape index (κ2) is 4.96. The molecule has 1 aliphatic carbocycles. The Balaban J connectivity index is 1.51. The van der Waals surface area contributed by atoms with Crippen LogP contribution in [0.3, 0.4) is 0 Å². The van der Waals surface area contributed by atoms with Gasteiger partial charge in [-0.3, -0.25) is 9.59 Å². The van der Waals surface area contributed by atoms with Gasteiger partial charge >= 0.3 is 0 Å². The van der Waals surface area contributed by atoms with Crippen molar-refractivity contribution in [2.24, 2.45) is 11.3 Å². The van der Waals surface area contributed by atoms with E-state index < -0.39 is 0 Å². The third-order valence-corrected chi connectivity index (χ3v) is 4.56. The summed E-state index contributed by atoms with van der Waals surface area (Å²) in [5.41, 5.74) is 0.0536. The minimum atomic E-state index is 0.0536. The van der Waals surface area contributed by atoms with E-state index in [0.29, 0.717) is 13.0 Å². The highest BCUT2D eigenvalue weighted by Gasteiger charge is 2.61. The van der Waals surface area contributed by atoms with E-state index in [1.807, 2.05) is 24.0 Å². The number of hydrogen-bond donors (Lipinski definition) is 1. The summed E-state index contributed by atoms with van der Waals surface area (Å²) in [6, 6.07) is 3.66. The zero-order valence-corrected chi connectivity index (χ0v) is 11.7. The Hall–Kier alpha value is -1.78. The Labute approximate surface area is 118 Å². The van der Waals surface area contributed by atoms with E-state index in [4.69, 9.17) is 4.42 Å². The molecule has 5 heteroatoms. The topological polar surface area (TPSA) is 62.6 Å². The normalized spacial score (nSPS) is 27.9. The van der Waals surface area contributed by atoms with Crippen LogP contribution < -0.4 is 5.32 Å². The zero-order valence-electron chi connectivity index (χ0n) is 11.7. The summed E-state index contributed by atoms with van der Waals surface area (Å²) < 4.78 is 5.20. The molecule has 2 aliphatic rings. The highest BCUT2D eigenvalue weighted by Crippen LogP contribution is 2.58. The average molecular weight is 276 g/mol. The molecule has 20 heavy (non-hydrogen) atoms. The second-order valence-corrected chi connectivity index (χ2v) is 5.84. The van der Waals surface area contributed by atoms with Crippen molar-refractivity contribution in [3.63, 3.8) is 0 Å². The predicted octanol–water partition coefficient (Wildman–Crippen LogP) is 1.54. The van der Waals surface area contributed by atoms with Gasteiger partial charge in [-0.2, -0.15) is 0 Å². The average Bonchev–Trinajstić information content (AvgIpc) is 2.85. The van der Waals surface area contributed by atoms with Crippen molar-refractivity contribution in [3.8, 4) is 0 Å². The van der Waals surface area contributed by atoms with Gasteiger partial charge in [0.05, 0.1) is 12.8 Å². The van der Waals surface area contributed by atoms with Gasteiger partial charge in [0.2, 0.25) is 11.8 Å². The maximum absolute atomic E-state index is 12.2. The predicted molar refractivity (Wildman–Crippen MR) is 72.6 cm³/mol. The molecule has 1 aromatic rings. The number of amides is 2. The first-order valence-corrected chi connectivity index (χ1v) is 7.22. The first kappa shape index (κ1) is 13.2. The Bertz CT molecular complexity index is 511. The lowest BCUT2D eigenvalue weighted by molar-refractivity contribution is -0.130. The molecule has 0 bridgehead atoms. The van der Waals surface area contributed by atoms with E-state index in [0.717, 1.165) is 31.7 Å². The highest BCUT2D eigenvalue weighted by atomic mass is 16.3. The summed E-state index contributed by atoms with van der Waals surface area (Å²) in [7, 11) is 0. The maximum Gasteiger partial charge on any atom is 0.224 e. The fourth-order valence-corrected chi connectivity index (χ4v) is 3.21. The van der Waals surface area contributed by atoms with Crippen molar-refractivity contribution in [1.29, 1.82) is 0 Å². The quantitative estimate of drug-likeness (QED) is 0.907. The summed E-state index contributed by atoms with van der Waals surface area (Å²) in [6.45, 7) is 3.87. The lowest BCUT2D eigenvalue weighted by atomic mass is 10.0. The third kappa shape index (κ3) is 2.32. The molecule has 5 nitrogen and oxygen atoms in total. The van der Waals surface area contributed by atoms with Crippen molar-refractivity contribution in [2.45, 2.75) is 32.7 Å². The van der Waals surface area contributed by atoms with Gasteiger partial charge in [-0.25, -0.2) is 0 Å². The number of likely N-dealkylation sites (tertiary alicyclic amines) is 1. The van der Waals surface area contributed by atoms with Crippen LogP contribution in [0.2, 0.25) is 0 Å². The molecule has 2 heterocycles. The standard InChI is InChI=1S/C15H20N2O3/c1-2-13(18)17-6-5-15(10-17)8-12(15)14(19)16-9-11-4-3-7-20-11/h3-4,7,12H,2,5-6,8-10H2,1H3,(H,16,19)/t12-,15+/m1/s1. The molecule has 1 spiro atoms. The first-order chi connectivity index (χ1) is 9.64. The van der Waals surface area contributed by atoms with Gasteiger partial charge in [-0.15, -0.1) is 0 Å². The van der Waals surface area contributed by atoms with Crippen LogP contribution in [0.15, 0.2) is 22.8 Å². The number of nitrogens with zero attached hydrogens (tertiary/aromatic N) is 1. The van der Waals surface area contributed by atoms with Crippen LogP contribution in [0.25, 0.3) is 0 Å². The van der Waals surface area contributed by atoms with E-state index >= 15 is 0 Å². The van der Waals surface area contributed by atoms with Crippen molar-refractivity contribution >= 4 is 11.8 Å². The molecular formula is C15H20N2O3. The van der Waals surface area contributed by atoms with Crippen molar-refractivity contribution in [2.75, 3.05) is 13.1 Å². The fourth-order valence-electron chi connectivity index (χ4n) is 3.21. The number of carbonyl (C=O) groups is 2. The summed E-state index contributed by atoms with van der Waals surface area (Å²) in [5.74, 6) is 1.12. The highest BCUT2D eigenvalue weighted by molar-refractivity contribution is 5.83. The first-order valence-electron chi connectivity index (χ1n) is 7.22. The van der Waals surface area contributed by atoms with Crippen molar-refractivity contribution < 1.29 is 14.0 Å². The molecule has 3 rings (SSSR count). The van der Waals surface area contributed by atoms with Crippen LogP contribution in [0, 0.1) is 11.3 Å². The van der Waals surface area contributed by atoms with Crippen molar-refractivity contribution in [3.05, 3.63) is 24.2 Å². The van der Waals surface area contributed by atoms with Crippen LogP contribution in [-0.4, -0.2) is 29.8 Å². The number of rotatable bonds is 4. The minimum Gasteiger partial charge on any atom is -0.467 e. The Morgan fingerprint density at radius 3 is 3.10 bits per heavy atom. The Morgan fingerprint density at radius 1 is 1.55 bits per heavy atom. The van der Waals surface area contributed by atoms with Gasteiger partial charge in [-0.05, 0) is 25.0 Å². The molecule has 0 unspecified atom stereocenters. The molecule has 1 N–H and O–H groups in total. The fraction of sp³-hybridized carbons (Fsp3) is 0.600. The summed E-state index contributed by atoms with van der Waals surface area (Å²) in [4.78, 5) is 25.8. The summed E-state index contributed by atoms with van der Waals surface area (Å²) >= 11 is 0. The van der Waals surface area contributed by atoms with Gasteiger partial charge in [0.15, 0.2) is 0 Å². The van der Waals surface area contributed by atoms with Crippen LogP contribution in [0.1, 0.15) is 31.9 Å². The molecule has 0 aromatic carbocycles. The van der Waals surface area contributed by atoms with E-state index in [-0.39, 0.29) is 23.1 Å². The van der Waals surface area contributed by atoms with Crippen molar-refractivity contribution in [1.82, 2.24) is 10.2 Å². The third-order valence-electron chi connectivity index (χ3n) is 4.56. The molecule has 2 fully saturated rings. The van der Waals surface area contributed by atoms with Gasteiger partial charge in [0, 0.05) is 30.8 Å². The Kier molecular flexibility index (Phi) is 3.28. The summed E-state index contributed by atoms with van der Waals surface area (Å²) in [6.07, 6.45) is 4.01. The van der Waals surface area contributed by atoms with E-state index in [9.17, 15) is 9.59 Å². The smallest absolute Gasteiger partial charge is 0.224 e. The molecule has 2 atom stereocenters. The van der Waals surface area contributed by atoms with E-state index in [1.54, 1.807) is 6.26 Å². The number of furan rings is 1.